The van der Waals surface area contributed by atoms with Crippen molar-refractivity contribution < 1.29 is 4.79 Å². The largest absolute Gasteiger partial charge is 0.339 e. The monoisotopic (exact) mass is 279 g/mol. The van der Waals surface area contributed by atoms with Crippen LogP contribution in [0.2, 0.25) is 4.34 Å². The molecule has 0 radical (unpaired) electrons. The Bertz CT molecular complexity index is 553. The first-order valence-corrected chi connectivity index (χ1v) is 6.34. The van der Waals surface area contributed by atoms with Crippen LogP contribution in [0.5, 0.6) is 0 Å². The van der Waals surface area contributed by atoms with Crippen molar-refractivity contribution in [3.63, 3.8) is 0 Å². The molecule has 2 rings (SSSR count). The van der Waals surface area contributed by atoms with E-state index in [2.05, 4.69) is 15.8 Å². The minimum Gasteiger partial charge on any atom is -0.307 e. The van der Waals surface area contributed by atoms with Gasteiger partial charge in [0, 0.05) is 10.6 Å². The van der Waals surface area contributed by atoms with Crippen molar-refractivity contribution in [1.82, 2.24) is 5.43 Å². The number of nitrogens with one attached hydrogen (secondary N) is 2. The minimum absolute atomic E-state index is 0.389. The number of carbonyl (C=O) groups excluding carboxylic acids is 1. The van der Waals surface area contributed by atoms with Gasteiger partial charge in [0.05, 0.1) is 10.6 Å². The van der Waals surface area contributed by atoms with E-state index in [1.54, 1.807) is 24.4 Å². The topological polar surface area (TPSA) is 53.5 Å². The summed E-state index contributed by atoms with van der Waals surface area (Å²) in [6.07, 6.45) is 1.54. The maximum Gasteiger partial charge on any atom is 0.339 e. The predicted molar refractivity (Wildman–Crippen MR) is 75.5 cm³/mol. The maximum absolute atomic E-state index is 11.4. The standard InChI is InChI=1S/C12H10ClN3OS/c13-11-7-6-10(18-11)8-14-16-12(17)15-9-4-2-1-3-5-9/h1-8H,(H2,15,16,17)/b14-8+. The minimum atomic E-state index is -0.389. The third-order valence-corrected chi connectivity index (χ3v) is 3.15. The molecule has 6 heteroatoms. The summed E-state index contributed by atoms with van der Waals surface area (Å²) in [5.41, 5.74) is 3.08. The van der Waals surface area contributed by atoms with Crippen LogP contribution in [0.3, 0.4) is 0 Å². The van der Waals surface area contributed by atoms with Crippen LogP contribution in [0.15, 0.2) is 47.6 Å². The number of rotatable bonds is 3. The summed E-state index contributed by atoms with van der Waals surface area (Å²) in [4.78, 5) is 12.3. The number of hydrogen-bond donors (Lipinski definition) is 2. The van der Waals surface area contributed by atoms with Gasteiger partial charge in [-0.2, -0.15) is 5.10 Å². The SMILES string of the molecule is O=C(N/N=C/c1ccc(Cl)s1)Nc1ccccc1. The molecule has 1 heterocycles. The first kappa shape index (κ1) is 12.6. The lowest BCUT2D eigenvalue weighted by molar-refractivity contribution is 0.252. The molecule has 0 aliphatic heterocycles. The van der Waals surface area contributed by atoms with Crippen LogP contribution in [-0.4, -0.2) is 12.2 Å². The van der Waals surface area contributed by atoms with Gasteiger partial charge in [-0.15, -0.1) is 11.3 Å². The number of anilines is 1. The van der Waals surface area contributed by atoms with E-state index in [9.17, 15) is 4.79 Å². The Morgan fingerprint density at radius 2 is 2.00 bits per heavy atom. The van der Waals surface area contributed by atoms with Gasteiger partial charge >= 0.3 is 6.03 Å². The summed E-state index contributed by atoms with van der Waals surface area (Å²) in [7, 11) is 0. The van der Waals surface area contributed by atoms with E-state index in [0.717, 1.165) is 4.88 Å². The fourth-order valence-corrected chi connectivity index (χ4v) is 2.17. The molecule has 18 heavy (non-hydrogen) atoms. The van der Waals surface area contributed by atoms with Crippen molar-refractivity contribution >= 4 is 40.9 Å². The zero-order valence-corrected chi connectivity index (χ0v) is 10.8. The third kappa shape index (κ3) is 3.87. The molecule has 1 aromatic heterocycles. The van der Waals surface area contributed by atoms with Crippen molar-refractivity contribution in [3.8, 4) is 0 Å². The van der Waals surface area contributed by atoms with E-state index in [4.69, 9.17) is 11.6 Å². The molecule has 0 aliphatic rings. The number of urea groups is 1. The summed E-state index contributed by atoms with van der Waals surface area (Å²) < 4.78 is 0.685. The van der Waals surface area contributed by atoms with E-state index in [-0.39, 0.29) is 6.03 Å². The number of amides is 2. The number of hydrogen-bond acceptors (Lipinski definition) is 3. The molecule has 2 N–H and O–H groups in total. The average molecular weight is 280 g/mol. The van der Waals surface area contributed by atoms with Crippen LogP contribution in [0.1, 0.15) is 4.88 Å². The molecule has 92 valence electrons. The van der Waals surface area contributed by atoms with E-state index in [0.29, 0.717) is 10.0 Å². The Morgan fingerprint density at radius 3 is 2.67 bits per heavy atom. The zero-order chi connectivity index (χ0) is 12.8. The highest BCUT2D eigenvalue weighted by molar-refractivity contribution is 7.17. The summed E-state index contributed by atoms with van der Waals surface area (Å²) in [6, 6.07) is 12.4. The van der Waals surface area contributed by atoms with Crippen molar-refractivity contribution in [1.29, 1.82) is 0 Å². The van der Waals surface area contributed by atoms with Gasteiger partial charge in [0.1, 0.15) is 0 Å². The Kier molecular flexibility index (Phi) is 4.33. The second kappa shape index (κ2) is 6.18. The van der Waals surface area contributed by atoms with E-state index in [1.807, 2.05) is 24.3 Å². The Hall–Kier alpha value is -1.85. The number of halogens is 1. The molecule has 0 spiro atoms. The molecule has 0 unspecified atom stereocenters. The maximum atomic E-state index is 11.4. The highest BCUT2D eigenvalue weighted by atomic mass is 35.5. The van der Waals surface area contributed by atoms with Gasteiger partial charge in [0.25, 0.3) is 0 Å². The van der Waals surface area contributed by atoms with E-state index >= 15 is 0 Å². The van der Waals surface area contributed by atoms with E-state index < -0.39 is 0 Å². The van der Waals surface area contributed by atoms with Crippen LogP contribution < -0.4 is 10.7 Å². The smallest absolute Gasteiger partial charge is 0.307 e. The molecule has 0 fully saturated rings. The molecule has 1 aromatic carbocycles. The van der Waals surface area contributed by atoms with Crippen LogP contribution in [0, 0.1) is 0 Å². The number of benzene rings is 1. The lowest BCUT2D eigenvalue weighted by Crippen LogP contribution is -2.24. The van der Waals surface area contributed by atoms with Crippen molar-refractivity contribution in [2.75, 3.05) is 5.32 Å². The summed E-state index contributed by atoms with van der Waals surface area (Å²) >= 11 is 7.15. The summed E-state index contributed by atoms with van der Waals surface area (Å²) in [5, 5.41) is 6.46. The first-order valence-electron chi connectivity index (χ1n) is 5.14. The van der Waals surface area contributed by atoms with Crippen molar-refractivity contribution in [3.05, 3.63) is 51.7 Å². The number of carbonyl (C=O) groups is 1. The Morgan fingerprint density at radius 1 is 1.22 bits per heavy atom. The van der Waals surface area contributed by atoms with Crippen LogP contribution >= 0.6 is 22.9 Å². The molecule has 4 nitrogen and oxygen atoms in total. The van der Waals surface area contributed by atoms with Gasteiger partial charge < -0.3 is 5.32 Å². The highest BCUT2D eigenvalue weighted by Gasteiger charge is 1.98. The summed E-state index contributed by atoms with van der Waals surface area (Å²) in [5.74, 6) is 0. The number of nitrogens with zero attached hydrogens (tertiary/aromatic N) is 1. The summed E-state index contributed by atoms with van der Waals surface area (Å²) in [6.45, 7) is 0. The molecule has 2 aromatic rings. The first-order chi connectivity index (χ1) is 8.74. The predicted octanol–water partition coefficient (Wildman–Crippen LogP) is 3.56. The van der Waals surface area contributed by atoms with Crippen LogP contribution in [0.25, 0.3) is 0 Å². The van der Waals surface area contributed by atoms with E-state index in [1.165, 1.54) is 11.3 Å². The fourth-order valence-electron chi connectivity index (χ4n) is 1.23. The second-order valence-corrected chi connectivity index (χ2v) is 5.08. The lowest BCUT2D eigenvalue weighted by atomic mass is 10.3. The molecule has 0 saturated carbocycles. The molecule has 0 aliphatic carbocycles. The van der Waals surface area contributed by atoms with Crippen LogP contribution in [-0.2, 0) is 0 Å². The third-order valence-electron chi connectivity index (χ3n) is 1.98. The number of para-hydroxylation sites is 1. The highest BCUT2D eigenvalue weighted by Crippen LogP contribution is 2.19. The molecule has 0 bridgehead atoms. The lowest BCUT2D eigenvalue weighted by Gasteiger charge is -2.02. The van der Waals surface area contributed by atoms with Gasteiger partial charge in [0.2, 0.25) is 0 Å². The molecule has 0 atom stereocenters. The van der Waals surface area contributed by atoms with Gasteiger partial charge in [0.15, 0.2) is 0 Å². The van der Waals surface area contributed by atoms with Gasteiger partial charge in [-0.3, -0.25) is 0 Å². The number of hydrazone groups is 1. The Balaban J connectivity index is 1.83. The van der Waals surface area contributed by atoms with Crippen molar-refractivity contribution in [2.24, 2.45) is 5.10 Å². The quantitative estimate of drug-likeness (QED) is 0.655. The van der Waals surface area contributed by atoms with Crippen LogP contribution in [0.4, 0.5) is 10.5 Å². The zero-order valence-electron chi connectivity index (χ0n) is 9.26. The van der Waals surface area contributed by atoms with Crippen molar-refractivity contribution in [2.45, 2.75) is 0 Å². The van der Waals surface area contributed by atoms with Gasteiger partial charge in [-0.05, 0) is 24.3 Å². The van der Waals surface area contributed by atoms with Gasteiger partial charge in [-0.25, -0.2) is 10.2 Å². The molecule has 2 amide bonds. The van der Waals surface area contributed by atoms with Gasteiger partial charge in [-0.1, -0.05) is 29.8 Å². The number of thiophene rings is 1. The molecular formula is C12H10ClN3OS. The fraction of sp³-hybridized carbons (Fsp3) is 0. The Labute approximate surface area is 113 Å². The second-order valence-electron chi connectivity index (χ2n) is 3.33. The average Bonchev–Trinajstić information content (AvgIpc) is 2.76. The molecule has 0 saturated heterocycles. The molecular weight excluding hydrogens is 270 g/mol. The normalized spacial score (nSPS) is 10.5.